The van der Waals surface area contributed by atoms with Crippen LogP contribution in [0.2, 0.25) is 0 Å². The molecule has 1 aromatic rings. The molecule has 0 radical (unpaired) electrons. The molecule has 0 atom stereocenters. The molecule has 6 nitrogen and oxygen atoms in total. The maximum Gasteiger partial charge on any atom is 0.414 e. The van der Waals surface area contributed by atoms with E-state index in [1.807, 2.05) is 0 Å². The number of rotatable bonds is 2. The van der Waals surface area contributed by atoms with Crippen molar-refractivity contribution >= 4 is 11.9 Å². The summed E-state index contributed by atoms with van der Waals surface area (Å²) in [7, 11) is 0. The van der Waals surface area contributed by atoms with Gasteiger partial charge < -0.3 is 20.3 Å². The van der Waals surface area contributed by atoms with Gasteiger partial charge in [0.05, 0.1) is 0 Å². The first-order valence-corrected chi connectivity index (χ1v) is 7.65. The highest BCUT2D eigenvalue weighted by molar-refractivity contribution is 6.27. The summed E-state index contributed by atoms with van der Waals surface area (Å²) in [4.78, 5) is 18.2. The third-order valence-corrected chi connectivity index (χ3v) is 3.30. The Morgan fingerprint density at radius 2 is 1.52 bits per heavy atom. The van der Waals surface area contributed by atoms with Gasteiger partial charge in [0.2, 0.25) is 0 Å². The monoisotopic (exact) mass is 323 g/mol. The fourth-order valence-corrected chi connectivity index (χ4v) is 2.32. The minimum Gasteiger partial charge on any atom is -0.488 e. The number of carbonyl (C=O) groups is 2. The van der Waals surface area contributed by atoms with Crippen LogP contribution < -0.4 is 10.1 Å². The van der Waals surface area contributed by atoms with Gasteiger partial charge in [0.15, 0.2) is 0 Å². The highest BCUT2D eigenvalue weighted by Gasteiger charge is 2.16. The van der Waals surface area contributed by atoms with Crippen molar-refractivity contribution in [2.24, 2.45) is 0 Å². The van der Waals surface area contributed by atoms with Gasteiger partial charge in [0, 0.05) is 0 Å². The van der Waals surface area contributed by atoms with E-state index < -0.39 is 11.9 Å². The minimum atomic E-state index is -1.82. The summed E-state index contributed by atoms with van der Waals surface area (Å²) in [5.74, 6) is -1.96. The van der Waals surface area contributed by atoms with E-state index in [-0.39, 0.29) is 5.60 Å². The molecular formula is C17H25NO5. The van der Waals surface area contributed by atoms with Crippen molar-refractivity contribution in [3.05, 3.63) is 29.8 Å². The molecule has 23 heavy (non-hydrogen) atoms. The van der Waals surface area contributed by atoms with Crippen LogP contribution in [0.15, 0.2) is 24.3 Å². The summed E-state index contributed by atoms with van der Waals surface area (Å²) in [6, 6.07) is 8.64. The fraction of sp³-hybridized carbons (Fsp3) is 0.529. The first-order valence-electron chi connectivity index (χ1n) is 7.65. The third-order valence-electron chi connectivity index (χ3n) is 3.30. The van der Waals surface area contributed by atoms with Crippen molar-refractivity contribution in [1.29, 1.82) is 0 Å². The number of ether oxygens (including phenoxy) is 1. The fourth-order valence-electron chi connectivity index (χ4n) is 2.32. The molecule has 0 bridgehead atoms. The van der Waals surface area contributed by atoms with Gasteiger partial charge in [-0.2, -0.15) is 0 Å². The summed E-state index contributed by atoms with van der Waals surface area (Å²) < 4.78 is 5.83. The second-order valence-corrected chi connectivity index (χ2v) is 6.42. The van der Waals surface area contributed by atoms with Gasteiger partial charge in [0.25, 0.3) is 0 Å². The normalized spacial score (nSPS) is 15.3. The maximum absolute atomic E-state index is 9.10. The summed E-state index contributed by atoms with van der Waals surface area (Å²) in [6.07, 6.45) is 2.50. The largest absolute Gasteiger partial charge is 0.488 e. The first-order chi connectivity index (χ1) is 10.7. The molecule has 1 aliphatic heterocycles. The molecule has 3 N–H and O–H groups in total. The van der Waals surface area contributed by atoms with Gasteiger partial charge in [-0.1, -0.05) is 12.1 Å². The Balaban J connectivity index is 0.000000379. The molecule has 1 fully saturated rings. The molecule has 0 spiro atoms. The van der Waals surface area contributed by atoms with Crippen LogP contribution in [-0.2, 0) is 9.59 Å². The lowest BCUT2D eigenvalue weighted by Gasteiger charge is -2.24. The van der Waals surface area contributed by atoms with Crippen molar-refractivity contribution in [3.8, 4) is 5.75 Å². The minimum absolute atomic E-state index is 0.115. The zero-order valence-electron chi connectivity index (χ0n) is 13.8. The van der Waals surface area contributed by atoms with E-state index in [0.29, 0.717) is 0 Å². The van der Waals surface area contributed by atoms with Crippen molar-refractivity contribution in [2.75, 3.05) is 13.1 Å². The lowest BCUT2D eigenvalue weighted by Crippen LogP contribution is -2.26. The highest BCUT2D eigenvalue weighted by atomic mass is 16.5. The number of nitrogens with one attached hydrogen (secondary N) is 1. The average molecular weight is 323 g/mol. The highest BCUT2D eigenvalue weighted by Crippen LogP contribution is 2.27. The second kappa shape index (κ2) is 8.53. The van der Waals surface area contributed by atoms with Gasteiger partial charge in [-0.15, -0.1) is 0 Å². The van der Waals surface area contributed by atoms with Crippen LogP contribution in [0.1, 0.15) is 45.1 Å². The van der Waals surface area contributed by atoms with E-state index >= 15 is 0 Å². The topological polar surface area (TPSA) is 95.9 Å². The molecule has 1 saturated heterocycles. The average Bonchev–Trinajstić information content (AvgIpc) is 2.48. The van der Waals surface area contributed by atoms with Crippen LogP contribution >= 0.6 is 0 Å². The number of piperidine rings is 1. The molecule has 2 rings (SSSR count). The van der Waals surface area contributed by atoms with E-state index in [1.165, 1.54) is 18.4 Å². The van der Waals surface area contributed by atoms with E-state index in [2.05, 4.69) is 50.4 Å². The standard InChI is InChI=1S/C15H23NO.C2H2O4/c1-15(2,3)17-14-6-4-12(5-7-14)13-8-10-16-11-9-13;3-1(4)2(5)6/h4-7,13,16H,8-11H2,1-3H3;(H,3,4)(H,5,6). The van der Waals surface area contributed by atoms with Crippen molar-refractivity contribution < 1.29 is 24.5 Å². The van der Waals surface area contributed by atoms with Crippen molar-refractivity contribution in [3.63, 3.8) is 0 Å². The molecule has 0 saturated carbocycles. The van der Waals surface area contributed by atoms with Crippen LogP contribution in [0.25, 0.3) is 0 Å². The Kier molecular flexibility index (Phi) is 7.03. The Bertz CT molecular complexity index is 501. The van der Waals surface area contributed by atoms with Crippen LogP contribution in [0.4, 0.5) is 0 Å². The summed E-state index contributed by atoms with van der Waals surface area (Å²) >= 11 is 0. The Morgan fingerprint density at radius 3 is 1.91 bits per heavy atom. The van der Waals surface area contributed by atoms with Gasteiger partial charge in [0.1, 0.15) is 11.4 Å². The Morgan fingerprint density at radius 1 is 1.04 bits per heavy atom. The van der Waals surface area contributed by atoms with Crippen LogP contribution in [0.3, 0.4) is 0 Å². The van der Waals surface area contributed by atoms with Gasteiger partial charge >= 0.3 is 11.9 Å². The number of carboxylic acid groups (broad SMARTS) is 2. The molecule has 1 aromatic carbocycles. The number of hydrogen-bond donors (Lipinski definition) is 3. The second-order valence-electron chi connectivity index (χ2n) is 6.42. The Labute approximate surface area is 136 Å². The molecule has 6 heteroatoms. The summed E-state index contributed by atoms with van der Waals surface area (Å²) in [5.41, 5.74) is 1.34. The van der Waals surface area contributed by atoms with Crippen molar-refractivity contribution in [2.45, 2.75) is 45.1 Å². The van der Waals surface area contributed by atoms with Crippen molar-refractivity contribution in [1.82, 2.24) is 5.32 Å². The van der Waals surface area contributed by atoms with E-state index in [0.717, 1.165) is 24.8 Å². The maximum atomic E-state index is 9.10. The Hall–Kier alpha value is -2.08. The predicted octanol–water partition coefficient (Wildman–Crippen LogP) is 2.49. The number of hydrogen-bond acceptors (Lipinski definition) is 4. The molecule has 0 unspecified atom stereocenters. The van der Waals surface area contributed by atoms with Gasteiger partial charge in [-0.3, -0.25) is 0 Å². The van der Waals surface area contributed by atoms with Gasteiger partial charge in [-0.05, 0) is 70.3 Å². The molecule has 128 valence electrons. The van der Waals surface area contributed by atoms with E-state index in [4.69, 9.17) is 24.5 Å². The molecule has 0 aliphatic carbocycles. The summed E-state index contributed by atoms with van der Waals surface area (Å²) in [5, 5.41) is 18.2. The zero-order chi connectivity index (χ0) is 17.5. The van der Waals surface area contributed by atoms with Crippen LogP contribution in [0.5, 0.6) is 5.75 Å². The number of aliphatic carboxylic acids is 2. The van der Waals surface area contributed by atoms with Gasteiger partial charge in [-0.25, -0.2) is 9.59 Å². The summed E-state index contributed by atoms with van der Waals surface area (Å²) in [6.45, 7) is 8.52. The van der Waals surface area contributed by atoms with E-state index in [1.54, 1.807) is 0 Å². The molecule has 0 aromatic heterocycles. The molecule has 1 heterocycles. The van der Waals surface area contributed by atoms with Crippen LogP contribution in [-0.4, -0.2) is 40.8 Å². The van der Waals surface area contributed by atoms with E-state index in [9.17, 15) is 0 Å². The third kappa shape index (κ3) is 7.65. The quantitative estimate of drug-likeness (QED) is 0.724. The molecular weight excluding hydrogens is 298 g/mol. The SMILES string of the molecule is CC(C)(C)Oc1ccc(C2CCNCC2)cc1.O=C(O)C(=O)O. The van der Waals surface area contributed by atoms with Crippen LogP contribution in [0, 0.1) is 0 Å². The smallest absolute Gasteiger partial charge is 0.414 e. The molecule has 0 amide bonds. The first kappa shape index (κ1) is 19.0. The number of carboxylic acids is 2. The lowest BCUT2D eigenvalue weighted by molar-refractivity contribution is -0.159. The molecule has 1 aliphatic rings. The lowest BCUT2D eigenvalue weighted by atomic mass is 9.90. The number of benzene rings is 1. The predicted molar refractivity (Wildman–Crippen MR) is 86.9 cm³/mol. The zero-order valence-corrected chi connectivity index (χ0v) is 13.8.